The third-order valence-corrected chi connectivity index (χ3v) is 3.35. The molecule has 1 N–H and O–H groups in total. The monoisotopic (exact) mass is 228 g/mol. The van der Waals surface area contributed by atoms with Crippen molar-refractivity contribution in [2.24, 2.45) is 0 Å². The van der Waals surface area contributed by atoms with E-state index in [4.69, 9.17) is 4.98 Å². The van der Waals surface area contributed by atoms with Crippen LogP contribution in [-0.4, -0.2) is 12.0 Å². The Labute approximate surface area is 103 Å². The van der Waals surface area contributed by atoms with Crippen LogP contribution in [0.25, 0.3) is 10.9 Å². The van der Waals surface area contributed by atoms with Crippen LogP contribution in [0.5, 0.6) is 0 Å². The average Bonchev–Trinajstić information content (AvgIpc) is 2.34. The first-order chi connectivity index (χ1) is 8.17. The van der Waals surface area contributed by atoms with E-state index in [1.807, 2.05) is 7.05 Å². The Hall–Kier alpha value is -1.57. The van der Waals surface area contributed by atoms with Crippen molar-refractivity contribution < 1.29 is 0 Å². The fourth-order valence-corrected chi connectivity index (χ4v) is 2.20. The van der Waals surface area contributed by atoms with E-state index in [1.54, 1.807) is 0 Å². The lowest BCUT2D eigenvalue weighted by Crippen LogP contribution is -2.00. The predicted octanol–water partition coefficient (Wildman–Crippen LogP) is 3.85. The molecule has 0 radical (unpaired) electrons. The number of fused-ring (bicyclic) bond motifs is 1. The molecule has 1 heterocycles. The zero-order valence-electron chi connectivity index (χ0n) is 11.1. The van der Waals surface area contributed by atoms with Gasteiger partial charge in [0.25, 0.3) is 0 Å². The first-order valence-corrected chi connectivity index (χ1v) is 6.25. The fraction of sp³-hybridized carbons (Fsp3) is 0.400. The van der Waals surface area contributed by atoms with Gasteiger partial charge in [0.1, 0.15) is 5.82 Å². The molecule has 2 rings (SSSR count). The Morgan fingerprint density at radius 2 is 2.00 bits per heavy atom. The van der Waals surface area contributed by atoms with Gasteiger partial charge in [-0.2, -0.15) is 0 Å². The minimum absolute atomic E-state index is 1.02. The third kappa shape index (κ3) is 2.12. The molecule has 0 saturated carbocycles. The number of rotatable bonds is 3. The molecule has 1 aromatic carbocycles. The number of benzene rings is 1. The highest BCUT2D eigenvalue weighted by molar-refractivity contribution is 5.85. The first-order valence-electron chi connectivity index (χ1n) is 6.25. The van der Waals surface area contributed by atoms with E-state index in [2.05, 4.69) is 44.3 Å². The van der Waals surface area contributed by atoms with Crippen LogP contribution in [0, 0.1) is 13.8 Å². The Kier molecular flexibility index (Phi) is 3.32. The van der Waals surface area contributed by atoms with Gasteiger partial charge in [0, 0.05) is 12.4 Å². The zero-order valence-corrected chi connectivity index (χ0v) is 11.1. The van der Waals surface area contributed by atoms with Crippen LogP contribution < -0.4 is 5.32 Å². The molecule has 0 aliphatic carbocycles. The van der Waals surface area contributed by atoms with Gasteiger partial charge in [0.2, 0.25) is 0 Å². The van der Waals surface area contributed by atoms with Crippen LogP contribution in [0.4, 0.5) is 5.82 Å². The fourth-order valence-electron chi connectivity index (χ4n) is 2.20. The van der Waals surface area contributed by atoms with Gasteiger partial charge < -0.3 is 5.32 Å². The summed E-state index contributed by atoms with van der Waals surface area (Å²) in [7, 11) is 1.94. The molecule has 17 heavy (non-hydrogen) atoms. The largest absolute Gasteiger partial charge is 0.373 e. The normalized spacial score (nSPS) is 10.8. The summed E-state index contributed by atoms with van der Waals surface area (Å²) >= 11 is 0. The van der Waals surface area contributed by atoms with E-state index in [-0.39, 0.29) is 0 Å². The minimum Gasteiger partial charge on any atom is -0.373 e. The molecule has 2 heteroatoms. The van der Waals surface area contributed by atoms with Crippen LogP contribution in [0.15, 0.2) is 18.2 Å². The first kappa shape index (κ1) is 11.9. The molecule has 2 aromatic rings. The molecule has 1 aromatic heterocycles. The van der Waals surface area contributed by atoms with Gasteiger partial charge in [-0.25, -0.2) is 4.98 Å². The maximum atomic E-state index is 4.76. The summed E-state index contributed by atoms with van der Waals surface area (Å²) in [6.07, 6.45) is 2.22. The van der Waals surface area contributed by atoms with Gasteiger partial charge in [-0.15, -0.1) is 0 Å². The second-order valence-electron chi connectivity index (χ2n) is 4.58. The lowest BCUT2D eigenvalue weighted by molar-refractivity contribution is 0.918. The predicted molar refractivity (Wildman–Crippen MR) is 74.8 cm³/mol. The van der Waals surface area contributed by atoms with E-state index < -0.39 is 0 Å². The van der Waals surface area contributed by atoms with Crippen molar-refractivity contribution in [3.63, 3.8) is 0 Å². The maximum absolute atomic E-state index is 4.76. The summed E-state index contributed by atoms with van der Waals surface area (Å²) in [6, 6.07) is 6.61. The number of pyridine rings is 1. The van der Waals surface area contributed by atoms with E-state index in [1.165, 1.54) is 22.1 Å². The molecule has 0 bridgehead atoms. The van der Waals surface area contributed by atoms with Crippen LogP contribution in [0.2, 0.25) is 0 Å². The van der Waals surface area contributed by atoms with Gasteiger partial charge in [-0.05, 0) is 43.0 Å². The molecule has 0 unspecified atom stereocenters. The molecule has 0 amide bonds. The van der Waals surface area contributed by atoms with Crippen LogP contribution in [0.1, 0.15) is 30.0 Å². The van der Waals surface area contributed by atoms with Crippen molar-refractivity contribution in [3.8, 4) is 0 Å². The van der Waals surface area contributed by atoms with Crippen LogP contribution in [0.3, 0.4) is 0 Å². The summed E-state index contributed by atoms with van der Waals surface area (Å²) < 4.78 is 0. The molecule has 0 aliphatic rings. The van der Waals surface area contributed by atoms with Gasteiger partial charge in [-0.3, -0.25) is 0 Å². The summed E-state index contributed by atoms with van der Waals surface area (Å²) in [5, 5.41) is 4.45. The topological polar surface area (TPSA) is 24.9 Å². The highest BCUT2D eigenvalue weighted by Gasteiger charge is 2.07. The Bertz CT molecular complexity index is 544. The summed E-state index contributed by atoms with van der Waals surface area (Å²) in [5.74, 6) is 1.02. The number of nitrogens with one attached hydrogen (secondary N) is 1. The number of hydrogen-bond donors (Lipinski definition) is 1. The number of anilines is 1. The zero-order chi connectivity index (χ0) is 12.4. The number of aromatic nitrogens is 1. The number of nitrogens with zero attached hydrogens (tertiary/aromatic N) is 1. The van der Waals surface area contributed by atoms with Crippen molar-refractivity contribution in [2.75, 3.05) is 12.4 Å². The molecule has 0 fully saturated rings. The Balaban J connectivity index is 2.69. The summed E-state index contributed by atoms with van der Waals surface area (Å²) in [5.41, 5.74) is 5.01. The smallest absolute Gasteiger partial charge is 0.129 e. The van der Waals surface area contributed by atoms with Crippen molar-refractivity contribution in [1.29, 1.82) is 0 Å². The molecular weight excluding hydrogens is 208 g/mol. The Morgan fingerprint density at radius 3 is 2.65 bits per heavy atom. The molecule has 90 valence electrons. The second-order valence-corrected chi connectivity index (χ2v) is 4.58. The van der Waals surface area contributed by atoms with Gasteiger partial charge in [0.15, 0.2) is 0 Å². The molecule has 0 atom stereocenters. The van der Waals surface area contributed by atoms with Gasteiger partial charge in [0.05, 0.1) is 5.52 Å². The molecule has 2 nitrogen and oxygen atoms in total. The summed E-state index contributed by atoms with van der Waals surface area (Å²) in [4.78, 5) is 4.76. The highest BCUT2D eigenvalue weighted by Crippen LogP contribution is 2.25. The van der Waals surface area contributed by atoms with Crippen molar-refractivity contribution in [1.82, 2.24) is 4.98 Å². The molecular formula is C15H20N2. The number of hydrogen-bond acceptors (Lipinski definition) is 2. The second kappa shape index (κ2) is 4.74. The average molecular weight is 228 g/mol. The van der Waals surface area contributed by atoms with Crippen molar-refractivity contribution in [3.05, 3.63) is 34.9 Å². The van der Waals surface area contributed by atoms with Gasteiger partial charge >= 0.3 is 0 Å². The van der Waals surface area contributed by atoms with Crippen LogP contribution in [-0.2, 0) is 6.42 Å². The van der Waals surface area contributed by atoms with E-state index in [0.29, 0.717) is 0 Å². The van der Waals surface area contributed by atoms with E-state index >= 15 is 0 Å². The lowest BCUT2D eigenvalue weighted by atomic mass is 10.0. The molecule has 0 saturated heterocycles. The molecule has 0 aliphatic heterocycles. The third-order valence-electron chi connectivity index (χ3n) is 3.35. The highest BCUT2D eigenvalue weighted by atomic mass is 15.0. The van der Waals surface area contributed by atoms with E-state index in [9.17, 15) is 0 Å². The maximum Gasteiger partial charge on any atom is 0.129 e. The van der Waals surface area contributed by atoms with Gasteiger partial charge in [-0.1, -0.05) is 25.5 Å². The van der Waals surface area contributed by atoms with E-state index in [0.717, 1.165) is 24.2 Å². The standard InChI is InChI=1S/C15H20N2/c1-5-6-13-9-12-8-7-10(2)11(3)14(12)17-15(13)16-4/h7-9H,5-6H2,1-4H3,(H,16,17). The lowest BCUT2D eigenvalue weighted by Gasteiger charge is -2.12. The van der Waals surface area contributed by atoms with Crippen molar-refractivity contribution in [2.45, 2.75) is 33.6 Å². The SMILES string of the molecule is CCCc1cc2ccc(C)c(C)c2nc1NC. The molecule has 0 spiro atoms. The van der Waals surface area contributed by atoms with Crippen molar-refractivity contribution >= 4 is 16.7 Å². The minimum atomic E-state index is 1.02. The summed E-state index contributed by atoms with van der Waals surface area (Å²) in [6.45, 7) is 6.48. The number of aryl methyl sites for hydroxylation is 3. The quantitative estimate of drug-likeness (QED) is 0.863. The Morgan fingerprint density at radius 1 is 1.24 bits per heavy atom. The van der Waals surface area contributed by atoms with Crippen LogP contribution >= 0.6 is 0 Å².